The van der Waals surface area contributed by atoms with E-state index in [1.807, 2.05) is 30.5 Å². The van der Waals surface area contributed by atoms with Crippen molar-refractivity contribution in [3.8, 4) is 0 Å². The molecule has 3 N–H and O–H groups in total. The van der Waals surface area contributed by atoms with Crippen LogP contribution in [0.2, 0.25) is 0 Å². The third-order valence-corrected chi connectivity index (χ3v) is 5.06. The van der Waals surface area contributed by atoms with Gasteiger partial charge in [0, 0.05) is 18.9 Å². The zero-order valence-electron chi connectivity index (χ0n) is 16.3. The Morgan fingerprint density at radius 1 is 1.07 bits per heavy atom. The molecule has 5 nitrogen and oxygen atoms in total. The number of benzene rings is 1. The standard InChI is InChI=1S/C13H20N4.C9H11N/c1-17-12-7-3-2-6-11(12)16-13(17)10-15-9-5-4-8-14;1-2-6-9-8(4-1)5-3-7-10-9/h2-3,6-7,15H,4-5,8-10,14H2,1H3;3,5,7H,1-2,4,6H2. The average molecular weight is 366 g/mol. The van der Waals surface area contributed by atoms with Crippen molar-refractivity contribution in [2.45, 2.75) is 45.1 Å². The molecule has 0 saturated heterocycles. The predicted molar refractivity (Wildman–Crippen MR) is 112 cm³/mol. The Hall–Kier alpha value is -2.24. The third kappa shape index (κ3) is 5.37. The summed E-state index contributed by atoms with van der Waals surface area (Å²) in [7, 11) is 2.06. The third-order valence-electron chi connectivity index (χ3n) is 5.06. The summed E-state index contributed by atoms with van der Waals surface area (Å²) in [4.78, 5) is 8.93. The normalized spacial score (nSPS) is 13.1. The largest absolute Gasteiger partial charge is 0.330 e. The maximum Gasteiger partial charge on any atom is 0.123 e. The quantitative estimate of drug-likeness (QED) is 0.657. The number of aryl methyl sites for hydroxylation is 3. The van der Waals surface area contributed by atoms with Gasteiger partial charge in [-0.25, -0.2) is 4.98 Å². The van der Waals surface area contributed by atoms with Crippen LogP contribution in [0.3, 0.4) is 0 Å². The number of fused-ring (bicyclic) bond motifs is 2. The molecule has 27 heavy (non-hydrogen) atoms. The van der Waals surface area contributed by atoms with Gasteiger partial charge in [-0.2, -0.15) is 0 Å². The summed E-state index contributed by atoms with van der Waals surface area (Å²) in [6, 6.07) is 12.4. The molecule has 4 rings (SSSR count). The summed E-state index contributed by atoms with van der Waals surface area (Å²) >= 11 is 0. The molecule has 0 atom stereocenters. The smallest absolute Gasteiger partial charge is 0.123 e. The number of para-hydroxylation sites is 2. The van der Waals surface area contributed by atoms with Crippen LogP contribution in [0.1, 0.15) is 42.8 Å². The van der Waals surface area contributed by atoms with Gasteiger partial charge in [0.1, 0.15) is 5.82 Å². The number of unbranched alkanes of at least 4 members (excludes halogenated alkanes) is 1. The molecule has 1 aliphatic rings. The topological polar surface area (TPSA) is 68.8 Å². The summed E-state index contributed by atoms with van der Waals surface area (Å²) in [5.74, 6) is 1.08. The minimum atomic E-state index is 0.772. The van der Waals surface area contributed by atoms with Crippen molar-refractivity contribution < 1.29 is 0 Å². The van der Waals surface area contributed by atoms with Crippen LogP contribution in [-0.4, -0.2) is 27.6 Å². The molecule has 0 unspecified atom stereocenters. The summed E-state index contributed by atoms with van der Waals surface area (Å²) < 4.78 is 2.14. The Bertz CT molecular complexity index is 815. The van der Waals surface area contributed by atoms with Gasteiger partial charge in [0.25, 0.3) is 0 Å². The number of nitrogens with two attached hydrogens (primary N) is 1. The summed E-state index contributed by atoms with van der Waals surface area (Å²) in [6.45, 7) is 2.59. The molecule has 5 heteroatoms. The number of hydrogen-bond acceptors (Lipinski definition) is 4. The summed E-state index contributed by atoms with van der Waals surface area (Å²) in [6.07, 6.45) is 9.20. The highest BCUT2D eigenvalue weighted by atomic mass is 15.1. The van der Waals surface area contributed by atoms with Gasteiger partial charge in [-0.1, -0.05) is 18.2 Å². The average Bonchev–Trinajstić information content (AvgIpc) is 3.04. The molecule has 2 aromatic heterocycles. The van der Waals surface area contributed by atoms with Gasteiger partial charge in [-0.05, 0) is 75.4 Å². The second-order valence-electron chi connectivity index (χ2n) is 7.06. The Morgan fingerprint density at radius 2 is 1.93 bits per heavy atom. The van der Waals surface area contributed by atoms with Crippen molar-refractivity contribution in [3.05, 3.63) is 59.7 Å². The minimum absolute atomic E-state index is 0.772. The lowest BCUT2D eigenvalue weighted by molar-refractivity contribution is 0.602. The van der Waals surface area contributed by atoms with E-state index >= 15 is 0 Å². The van der Waals surface area contributed by atoms with Crippen LogP contribution in [0.4, 0.5) is 0 Å². The highest BCUT2D eigenvalue weighted by Crippen LogP contribution is 2.17. The van der Waals surface area contributed by atoms with Crippen LogP contribution >= 0.6 is 0 Å². The minimum Gasteiger partial charge on any atom is -0.330 e. The number of nitrogens with one attached hydrogen (secondary N) is 1. The highest BCUT2D eigenvalue weighted by Gasteiger charge is 2.08. The first-order valence-electron chi connectivity index (χ1n) is 10.0. The molecule has 0 spiro atoms. The van der Waals surface area contributed by atoms with Gasteiger partial charge < -0.3 is 15.6 Å². The number of nitrogens with zero attached hydrogens (tertiary/aromatic N) is 3. The van der Waals surface area contributed by atoms with Gasteiger partial charge >= 0.3 is 0 Å². The number of hydrogen-bond donors (Lipinski definition) is 2. The molecule has 0 aliphatic heterocycles. The number of imidazole rings is 1. The van der Waals surface area contributed by atoms with Crippen molar-refractivity contribution >= 4 is 11.0 Å². The van der Waals surface area contributed by atoms with Crippen LogP contribution in [0.5, 0.6) is 0 Å². The predicted octanol–water partition coefficient (Wildman–Crippen LogP) is 3.36. The molecule has 1 aromatic carbocycles. The fraction of sp³-hybridized carbons (Fsp3) is 0.455. The Labute approximate surface area is 162 Å². The molecule has 0 radical (unpaired) electrons. The van der Waals surface area contributed by atoms with Gasteiger partial charge in [0.2, 0.25) is 0 Å². The van der Waals surface area contributed by atoms with Crippen LogP contribution in [0.15, 0.2) is 42.6 Å². The van der Waals surface area contributed by atoms with Crippen molar-refractivity contribution in [3.63, 3.8) is 0 Å². The van der Waals surface area contributed by atoms with Crippen LogP contribution in [0.25, 0.3) is 11.0 Å². The van der Waals surface area contributed by atoms with Gasteiger partial charge in [0.15, 0.2) is 0 Å². The van der Waals surface area contributed by atoms with Crippen molar-refractivity contribution in [2.24, 2.45) is 12.8 Å². The van der Waals surface area contributed by atoms with Gasteiger partial charge in [-0.15, -0.1) is 0 Å². The Balaban J connectivity index is 0.000000177. The molecule has 3 aromatic rings. The zero-order valence-corrected chi connectivity index (χ0v) is 16.3. The molecule has 0 amide bonds. The fourth-order valence-corrected chi connectivity index (χ4v) is 3.48. The first-order chi connectivity index (χ1) is 13.3. The van der Waals surface area contributed by atoms with Crippen molar-refractivity contribution in [2.75, 3.05) is 13.1 Å². The SMILES string of the molecule is Cn1c(CNCCCCN)nc2ccccc21.c1cnc2c(c1)CCCC2. The monoisotopic (exact) mass is 365 g/mol. The van der Waals surface area contributed by atoms with E-state index in [0.29, 0.717) is 0 Å². The Morgan fingerprint density at radius 3 is 2.74 bits per heavy atom. The van der Waals surface area contributed by atoms with E-state index in [-0.39, 0.29) is 0 Å². The molecule has 144 valence electrons. The molecule has 1 aliphatic carbocycles. The lowest BCUT2D eigenvalue weighted by Gasteiger charge is -2.12. The van der Waals surface area contributed by atoms with Crippen LogP contribution in [0, 0.1) is 0 Å². The van der Waals surface area contributed by atoms with E-state index in [4.69, 9.17) is 5.73 Å². The number of pyridine rings is 1. The molecular weight excluding hydrogens is 334 g/mol. The molecular formula is C22H31N5. The Kier molecular flexibility index (Phi) is 7.36. The lowest BCUT2D eigenvalue weighted by atomic mass is 9.96. The summed E-state index contributed by atoms with van der Waals surface area (Å²) in [5, 5.41) is 3.40. The maximum absolute atomic E-state index is 5.45. The van der Waals surface area contributed by atoms with Gasteiger partial charge in [-0.3, -0.25) is 4.98 Å². The van der Waals surface area contributed by atoms with E-state index in [1.165, 1.54) is 42.5 Å². The zero-order chi connectivity index (χ0) is 18.9. The first-order valence-corrected chi connectivity index (χ1v) is 10.0. The summed E-state index contributed by atoms with van der Waals surface area (Å²) in [5.41, 5.74) is 10.5. The molecule has 0 bridgehead atoms. The first kappa shape index (κ1) is 19.5. The van der Waals surface area contributed by atoms with Crippen molar-refractivity contribution in [1.29, 1.82) is 0 Å². The molecule has 0 saturated carbocycles. The number of rotatable bonds is 6. The van der Waals surface area contributed by atoms with Crippen LogP contribution in [-0.2, 0) is 26.4 Å². The number of aromatic nitrogens is 3. The van der Waals surface area contributed by atoms with E-state index in [9.17, 15) is 0 Å². The molecule has 0 fully saturated rings. The van der Waals surface area contributed by atoms with E-state index in [0.717, 1.165) is 43.8 Å². The van der Waals surface area contributed by atoms with E-state index in [2.05, 4.69) is 39.0 Å². The second-order valence-corrected chi connectivity index (χ2v) is 7.06. The lowest BCUT2D eigenvalue weighted by Crippen LogP contribution is -2.18. The van der Waals surface area contributed by atoms with Gasteiger partial charge in [0.05, 0.1) is 17.6 Å². The van der Waals surface area contributed by atoms with Crippen molar-refractivity contribution in [1.82, 2.24) is 19.9 Å². The second kappa shape index (κ2) is 10.2. The van der Waals surface area contributed by atoms with E-state index < -0.39 is 0 Å². The fourth-order valence-electron chi connectivity index (χ4n) is 3.48. The van der Waals surface area contributed by atoms with E-state index in [1.54, 1.807) is 0 Å². The van der Waals surface area contributed by atoms with Crippen LogP contribution < -0.4 is 11.1 Å². The molecule has 2 heterocycles. The maximum atomic E-state index is 5.45. The highest BCUT2D eigenvalue weighted by molar-refractivity contribution is 5.75.